The topological polar surface area (TPSA) is 97.6 Å². The number of esters is 1. The van der Waals surface area contributed by atoms with Gasteiger partial charge in [-0.1, -0.05) is 36.4 Å². The van der Waals surface area contributed by atoms with Crippen LogP contribution in [0, 0.1) is 0 Å². The molecule has 0 spiro atoms. The molecule has 0 fully saturated rings. The van der Waals surface area contributed by atoms with Gasteiger partial charge >= 0.3 is 5.97 Å². The lowest BCUT2D eigenvalue weighted by Gasteiger charge is -2.17. The van der Waals surface area contributed by atoms with Crippen LogP contribution < -0.4 is 10.6 Å². The third-order valence-corrected chi connectivity index (χ3v) is 4.81. The molecule has 30 heavy (non-hydrogen) atoms. The highest BCUT2D eigenvalue weighted by atomic mass is 32.2. The van der Waals surface area contributed by atoms with Crippen molar-refractivity contribution in [2.45, 2.75) is 10.9 Å². The van der Waals surface area contributed by atoms with E-state index in [1.807, 2.05) is 24.5 Å². The number of ether oxygens (including phenoxy) is 1. The summed E-state index contributed by atoms with van der Waals surface area (Å²) >= 11 is 1.55. The second-order valence-electron chi connectivity index (χ2n) is 6.18. The van der Waals surface area contributed by atoms with Crippen LogP contribution in [0.3, 0.4) is 0 Å². The molecule has 1 aromatic heterocycles. The molecule has 0 radical (unpaired) electrons. The molecule has 1 unspecified atom stereocenters. The number of carbonyl (C=O) groups excluding carboxylic acids is 3. The van der Waals surface area contributed by atoms with Crippen LogP contribution in [0.15, 0.2) is 82.3 Å². The molecular formula is C22H20N2O5S. The number of thioether (sulfide) groups is 1. The summed E-state index contributed by atoms with van der Waals surface area (Å²) in [4.78, 5) is 38.2. The number of nitrogens with one attached hydrogen (secondary N) is 2. The first kappa shape index (κ1) is 21.2. The molecule has 154 valence electrons. The summed E-state index contributed by atoms with van der Waals surface area (Å²) in [5.74, 6) is -1.74. The Bertz CT molecular complexity index is 1010. The van der Waals surface area contributed by atoms with Crippen molar-refractivity contribution in [3.8, 4) is 0 Å². The fourth-order valence-corrected chi connectivity index (χ4v) is 3.11. The Morgan fingerprint density at radius 1 is 1.03 bits per heavy atom. The third kappa shape index (κ3) is 5.74. The van der Waals surface area contributed by atoms with Gasteiger partial charge in [-0.2, -0.15) is 0 Å². The second-order valence-corrected chi connectivity index (χ2v) is 7.06. The molecule has 0 aliphatic heterocycles. The zero-order valence-electron chi connectivity index (χ0n) is 16.2. The number of hydrogen-bond donors (Lipinski definition) is 2. The fourth-order valence-electron chi connectivity index (χ4n) is 2.65. The summed E-state index contributed by atoms with van der Waals surface area (Å²) in [6.07, 6.45) is 3.30. The van der Waals surface area contributed by atoms with Gasteiger partial charge in [0.25, 0.3) is 11.8 Å². The molecule has 1 heterocycles. The van der Waals surface area contributed by atoms with E-state index < -0.39 is 30.4 Å². The molecule has 3 rings (SSSR count). The molecule has 1 atom stereocenters. The van der Waals surface area contributed by atoms with E-state index in [1.165, 1.54) is 12.3 Å². The van der Waals surface area contributed by atoms with Crippen LogP contribution in [0.2, 0.25) is 0 Å². The highest BCUT2D eigenvalue weighted by molar-refractivity contribution is 7.98. The van der Waals surface area contributed by atoms with Crippen molar-refractivity contribution in [2.24, 2.45) is 0 Å². The Kier molecular flexibility index (Phi) is 7.29. The number of hydrogen-bond acceptors (Lipinski definition) is 6. The lowest BCUT2D eigenvalue weighted by molar-refractivity contribution is -0.149. The van der Waals surface area contributed by atoms with Crippen LogP contribution in [0.1, 0.15) is 22.2 Å². The monoisotopic (exact) mass is 424 g/mol. The molecule has 0 aliphatic carbocycles. The minimum Gasteiger partial charge on any atom is -0.459 e. The quantitative estimate of drug-likeness (QED) is 0.423. The van der Waals surface area contributed by atoms with E-state index >= 15 is 0 Å². The van der Waals surface area contributed by atoms with Crippen LogP contribution in [0.25, 0.3) is 0 Å². The van der Waals surface area contributed by atoms with Crippen LogP contribution in [-0.4, -0.2) is 30.6 Å². The summed E-state index contributed by atoms with van der Waals surface area (Å²) in [5.41, 5.74) is 1.13. The number of anilines is 1. The second kappa shape index (κ2) is 10.3. The van der Waals surface area contributed by atoms with Gasteiger partial charge in [0, 0.05) is 10.6 Å². The zero-order chi connectivity index (χ0) is 21.3. The van der Waals surface area contributed by atoms with E-state index in [1.54, 1.807) is 54.2 Å². The van der Waals surface area contributed by atoms with Crippen molar-refractivity contribution in [1.82, 2.24) is 5.32 Å². The molecule has 0 bridgehead atoms. The minimum atomic E-state index is -1.09. The molecule has 2 N–H and O–H groups in total. The van der Waals surface area contributed by atoms with E-state index in [0.29, 0.717) is 11.3 Å². The highest BCUT2D eigenvalue weighted by Crippen LogP contribution is 2.19. The molecule has 0 saturated carbocycles. The van der Waals surface area contributed by atoms with Crippen molar-refractivity contribution in [1.29, 1.82) is 0 Å². The Morgan fingerprint density at radius 3 is 2.53 bits per heavy atom. The average Bonchev–Trinajstić information content (AvgIpc) is 3.31. The zero-order valence-corrected chi connectivity index (χ0v) is 17.0. The van der Waals surface area contributed by atoms with Crippen LogP contribution in [0.5, 0.6) is 0 Å². The van der Waals surface area contributed by atoms with Gasteiger partial charge in [-0.15, -0.1) is 11.8 Å². The highest BCUT2D eigenvalue weighted by Gasteiger charge is 2.26. The summed E-state index contributed by atoms with van der Waals surface area (Å²) in [5, 5.41) is 5.26. The Labute approximate surface area is 177 Å². The Hall–Kier alpha value is -3.52. The van der Waals surface area contributed by atoms with Crippen molar-refractivity contribution in [3.63, 3.8) is 0 Å². The molecule has 7 nitrogen and oxygen atoms in total. The summed E-state index contributed by atoms with van der Waals surface area (Å²) in [6.45, 7) is -0.484. The maximum absolute atomic E-state index is 12.7. The van der Waals surface area contributed by atoms with Gasteiger partial charge in [-0.3, -0.25) is 9.59 Å². The van der Waals surface area contributed by atoms with E-state index in [9.17, 15) is 14.4 Å². The maximum atomic E-state index is 12.7. The predicted octanol–water partition coefficient (Wildman–Crippen LogP) is 3.65. The molecular weight excluding hydrogens is 404 g/mol. The summed E-state index contributed by atoms with van der Waals surface area (Å²) < 4.78 is 10.2. The molecule has 0 saturated heterocycles. The standard InChI is InChI=1S/C22H20N2O5S/c1-30-17-10-5-9-16(13-17)23-19(25)14-29-22(27)20(15-7-3-2-4-8-15)24-21(26)18-11-6-12-28-18/h2-13,20H,14H2,1H3,(H,23,25)(H,24,26). The van der Waals surface area contributed by atoms with Crippen molar-refractivity contribution < 1.29 is 23.5 Å². The molecule has 8 heteroatoms. The van der Waals surface area contributed by atoms with Crippen LogP contribution in [-0.2, 0) is 14.3 Å². The molecule has 2 aromatic carbocycles. The first-order valence-electron chi connectivity index (χ1n) is 9.06. The average molecular weight is 424 g/mol. The van der Waals surface area contributed by atoms with Gasteiger partial charge in [0.1, 0.15) is 0 Å². The molecule has 3 aromatic rings. The fraction of sp³-hybridized carbons (Fsp3) is 0.136. The number of amides is 2. The summed E-state index contributed by atoms with van der Waals surface area (Å²) in [7, 11) is 0. The van der Waals surface area contributed by atoms with Gasteiger partial charge < -0.3 is 19.8 Å². The Morgan fingerprint density at radius 2 is 1.83 bits per heavy atom. The van der Waals surface area contributed by atoms with E-state index in [2.05, 4.69) is 10.6 Å². The third-order valence-electron chi connectivity index (χ3n) is 4.09. The van der Waals surface area contributed by atoms with E-state index in [4.69, 9.17) is 9.15 Å². The SMILES string of the molecule is CSc1cccc(NC(=O)COC(=O)C(NC(=O)c2ccco2)c2ccccc2)c1. The van der Waals surface area contributed by atoms with Gasteiger partial charge in [-0.05, 0) is 42.2 Å². The number of benzene rings is 2. The summed E-state index contributed by atoms with van der Waals surface area (Å²) in [6, 6.07) is 17.9. The number of carbonyl (C=O) groups is 3. The minimum absolute atomic E-state index is 0.0650. The lowest BCUT2D eigenvalue weighted by atomic mass is 10.1. The predicted molar refractivity (Wildman–Crippen MR) is 113 cm³/mol. The number of rotatable bonds is 8. The largest absolute Gasteiger partial charge is 0.459 e. The lowest BCUT2D eigenvalue weighted by Crippen LogP contribution is -2.36. The van der Waals surface area contributed by atoms with Gasteiger partial charge in [-0.25, -0.2) is 4.79 Å². The van der Waals surface area contributed by atoms with E-state index in [-0.39, 0.29) is 5.76 Å². The molecule has 2 amide bonds. The van der Waals surface area contributed by atoms with Crippen LogP contribution in [0.4, 0.5) is 5.69 Å². The van der Waals surface area contributed by atoms with Crippen molar-refractivity contribution >= 4 is 35.2 Å². The maximum Gasteiger partial charge on any atom is 0.333 e. The molecule has 0 aliphatic rings. The Balaban J connectivity index is 1.64. The van der Waals surface area contributed by atoms with Crippen molar-refractivity contribution in [3.05, 3.63) is 84.3 Å². The number of furan rings is 1. The van der Waals surface area contributed by atoms with E-state index in [0.717, 1.165) is 4.90 Å². The van der Waals surface area contributed by atoms with Crippen molar-refractivity contribution in [2.75, 3.05) is 18.2 Å². The normalized spacial score (nSPS) is 11.4. The first-order chi connectivity index (χ1) is 14.6. The smallest absolute Gasteiger partial charge is 0.333 e. The van der Waals surface area contributed by atoms with Gasteiger partial charge in [0.15, 0.2) is 18.4 Å². The van der Waals surface area contributed by atoms with Gasteiger partial charge in [0.05, 0.1) is 6.26 Å². The van der Waals surface area contributed by atoms with Gasteiger partial charge in [0.2, 0.25) is 0 Å². The first-order valence-corrected chi connectivity index (χ1v) is 10.3. The van der Waals surface area contributed by atoms with Crippen LogP contribution >= 0.6 is 11.8 Å².